The molecular formula is C26H29NO3. The fourth-order valence-electron chi connectivity index (χ4n) is 3.46. The molecule has 0 aliphatic carbocycles. The summed E-state index contributed by atoms with van der Waals surface area (Å²) in [6, 6.07) is 17.5. The van der Waals surface area contributed by atoms with Gasteiger partial charge in [0.25, 0.3) is 5.91 Å². The van der Waals surface area contributed by atoms with E-state index in [0.29, 0.717) is 18.8 Å². The van der Waals surface area contributed by atoms with Crippen LogP contribution in [-0.4, -0.2) is 12.5 Å². The first kappa shape index (κ1) is 21.4. The molecule has 3 rings (SSSR count). The van der Waals surface area contributed by atoms with Gasteiger partial charge < -0.3 is 14.8 Å². The normalized spacial score (nSPS) is 10.6. The monoisotopic (exact) mass is 403 g/mol. The van der Waals surface area contributed by atoms with Crippen LogP contribution in [-0.2, 0) is 6.61 Å². The average molecular weight is 404 g/mol. The van der Waals surface area contributed by atoms with Crippen molar-refractivity contribution >= 4 is 11.6 Å². The Morgan fingerprint density at radius 3 is 2.23 bits per heavy atom. The van der Waals surface area contributed by atoms with Crippen molar-refractivity contribution in [1.82, 2.24) is 0 Å². The molecule has 0 aliphatic rings. The van der Waals surface area contributed by atoms with Gasteiger partial charge in [-0.3, -0.25) is 4.79 Å². The predicted molar refractivity (Wildman–Crippen MR) is 122 cm³/mol. The van der Waals surface area contributed by atoms with E-state index in [1.54, 1.807) is 6.07 Å². The Balaban J connectivity index is 1.81. The van der Waals surface area contributed by atoms with Crippen LogP contribution in [0.2, 0.25) is 0 Å². The van der Waals surface area contributed by atoms with Crippen LogP contribution in [0, 0.1) is 27.7 Å². The van der Waals surface area contributed by atoms with Crippen LogP contribution in [0.1, 0.15) is 45.1 Å². The van der Waals surface area contributed by atoms with Gasteiger partial charge in [0.15, 0.2) is 0 Å². The van der Waals surface area contributed by atoms with Gasteiger partial charge in [0, 0.05) is 16.8 Å². The van der Waals surface area contributed by atoms with E-state index in [-0.39, 0.29) is 5.91 Å². The molecule has 156 valence electrons. The maximum absolute atomic E-state index is 12.8. The molecule has 0 bridgehead atoms. The Kier molecular flexibility index (Phi) is 6.78. The van der Waals surface area contributed by atoms with Crippen molar-refractivity contribution in [2.45, 2.75) is 41.2 Å². The van der Waals surface area contributed by atoms with Crippen LogP contribution >= 0.6 is 0 Å². The summed E-state index contributed by atoms with van der Waals surface area (Å²) >= 11 is 0. The first-order valence-corrected chi connectivity index (χ1v) is 10.2. The second-order valence-electron chi connectivity index (χ2n) is 7.64. The van der Waals surface area contributed by atoms with E-state index >= 15 is 0 Å². The lowest BCUT2D eigenvalue weighted by molar-refractivity contribution is 0.102. The van der Waals surface area contributed by atoms with E-state index in [0.717, 1.165) is 45.0 Å². The molecule has 0 heterocycles. The highest BCUT2D eigenvalue weighted by atomic mass is 16.5. The summed E-state index contributed by atoms with van der Waals surface area (Å²) < 4.78 is 11.8. The first-order chi connectivity index (χ1) is 14.4. The number of hydrogen-bond donors (Lipinski definition) is 1. The lowest BCUT2D eigenvalue weighted by Gasteiger charge is -2.15. The summed E-state index contributed by atoms with van der Waals surface area (Å²) in [5.74, 6) is 1.38. The highest BCUT2D eigenvalue weighted by molar-refractivity contribution is 6.04. The molecule has 0 aromatic heterocycles. The molecule has 30 heavy (non-hydrogen) atoms. The van der Waals surface area contributed by atoms with Crippen molar-refractivity contribution in [2.75, 3.05) is 11.9 Å². The first-order valence-electron chi connectivity index (χ1n) is 10.2. The van der Waals surface area contributed by atoms with Gasteiger partial charge in [0.1, 0.15) is 18.1 Å². The summed E-state index contributed by atoms with van der Waals surface area (Å²) in [5, 5.41) is 3.00. The summed E-state index contributed by atoms with van der Waals surface area (Å²) in [6.45, 7) is 10.9. The fourth-order valence-corrected chi connectivity index (χ4v) is 3.46. The zero-order chi connectivity index (χ0) is 21.7. The Labute approximate surface area is 178 Å². The van der Waals surface area contributed by atoms with E-state index in [1.807, 2.05) is 71.0 Å². The Morgan fingerprint density at radius 2 is 1.57 bits per heavy atom. The number of ether oxygens (including phenoxy) is 2. The molecule has 0 unspecified atom stereocenters. The van der Waals surface area contributed by atoms with E-state index in [9.17, 15) is 4.79 Å². The molecule has 1 amide bonds. The molecule has 1 N–H and O–H groups in total. The van der Waals surface area contributed by atoms with Crippen molar-refractivity contribution in [2.24, 2.45) is 0 Å². The van der Waals surface area contributed by atoms with Crippen LogP contribution in [0.15, 0.2) is 54.6 Å². The summed E-state index contributed by atoms with van der Waals surface area (Å²) in [5.41, 5.74) is 6.72. The molecule has 0 fully saturated rings. The number of anilines is 1. The second kappa shape index (κ2) is 9.49. The van der Waals surface area contributed by atoms with E-state index in [2.05, 4.69) is 17.4 Å². The van der Waals surface area contributed by atoms with Crippen molar-refractivity contribution in [3.05, 3.63) is 88.0 Å². The van der Waals surface area contributed by atoms with Gasteiger partial charge in [0.05, 0.1) is 6.61 Å². The van der Waals surface area contributed by atoms with Crippen molar-refractivity contribution < 1.29 is 14.3 Å². The molecule has 0 radical (unpaired) electrons. The van der Waals surface area contributed by atoms with Gasteiger partial charge >= 0.3 is 0 Å². The number of rotatable bonds is 7. The number of aryl methyl sites for hydroxylation is 4. The molecule has 4 heteroatoms. The Morgan fingerprint density at radius 1 is 0.833 bits per heavy atom. The van der Waals surface area contributed by atoms with Crippen molar-refractivity contribution in [3.8, 4) is 11.5 Å². The number of amides is 1. The van der Waals surface area contributed by atoms with Crippen LogP contribution in [0.5, 0.6) is 11.5 Å². The number of carbonyl (C=O) groups is 1. The maximum Gasteiger partial charge on any atom is 0.255 e. The molecule has 0 spiro atoms. The summed E-state index contributed by atoms with van der Waals surface area (Å²) in [6.07, 6.45) is 0. The largest absolute Gasteiger partial charge is 0.493 e. The fraction of sp³-hybridized carbons (Fsp3) is 0.269. The lowest BCUT2D eigenvalue weighted by Crippen LogP contribution is -2.14. The van der Waals surface area contributed by atoms with E-state index in [4.69, 9.17) is 9.47 Å². The third-order valence-corrected chi connectivity index (χ3v) is 4.84. The van der Waals surface area contributed by atoms with Crippen molar-refractivity contribution in [1.29, 1.82) is 0 Å². The Bertz CT molecular complexity index is 1040. The molecule has 3 aromatic carbocycles. The van der Waals surface area contributed by atoms with Gasteiger partial charge in [-0.05, 0) is 87.7 Å². The quantitative estimate of drug-likeness (QED) is 0.515. The highest BCUT2D eigenvalue weighted by Gasteiger charge is 2.13. The molecule has 0 saturated carbocycles. The third-order valence-electron chi connectivity index (χ3n) is 4.84. The van der Waals surface area contributed by atoms with Crippen LogP contribution in [0.25, 0.3) is 0 Å². The van der Waals surface area contributed by atoms with E-state index < -0.39 is 0 Å². The number of nitrogens with one attached hydrogen (secondary N) is 1. The van der Waals surface area contributed by atoms with Gasteiger partial charge in [-0.25, -0.2) is 0 Å². The summed E-state index contributed by atoms with van der Waals surface area (Å²) in [4.78, 5) is 12.8. The standard InChI is InChI=1S/C26H29NO3/c1-6-29-25-10-8-21(26(28)27-24-9-7-17(2)12-20(24)5)15-22(25)16-30-23-13-18(3)11-19(4)14-23/h7-15H,6,16H2,1-5H3,(H,27,28). The molecule has 0 atom stereocenters. The molecular weight excluding hydrogens is 374 g/mol. The minimum Gasteiger partial charge on any atom is -0.493 e. The summed E-state index contributed by atoms with van der Waals surface area (Å²) in [7, 11) is 0. The van der Waals surface area contributed by atoms with E-state index in [1.165, 1.54) is 0 Å². The topological polar surface area (TPSA) is 47.6 Å². The number of hydrogen-bond acceptors (Lipinski definition) is 3. The van der Waals surface area contributed by atoms with Gasteiger partial charge in [-0.1, -0.05) is 23.8 Å². The Hall–Kier alpha value is -3.27. The third kappa shape index (κ3) is 5.41. The minimum atomic E-state index is -0.155. The molecule has 3 aromatic rings. The predicted octanol–water partition coefficient (Wildman–Crippen LogP) is 6.15. The number of benzene rings is 3. The second-order valence-corrected chi connectivity index (χ2v) is 7.64. The SMILES string of the molecule is CCOc1ccc(C(=O)Nc2ccc(C)cc2C)cc1COc1cc(C)cc(C)c1. The molecule has 4 nitrogen and oxygen atoms in total. The van der Waals surface area contributed by atoms with Crippen LogP contribution in [0.4, 0.5) is 5.69 Å². The molecule has 0 saturated heterocycles. The molecule has 0 aliphatic heterocycles. The van der Waals surface area contributed by atoms with Gasteiger partial charge in [0.2, 0.25) is 0 Å². The van der Waals surface area contributed by atoms with Crippen LogP contribution < -0.4 is 14.8 Å². The maximum atomic E-state index is 12.8. The smallest absolute Gasteiger partial charge is 0.255 e. The number of carbonyl (C=O) groups excluding carboxylic acids is 1. The van der Waals surface area contributed by atoms with Crippen LogP contribution in [0.3, 0.4) is 0 Å². The van der Waals surface area contributed by atoms with Crippen molar-refractivity contribution in [3.63, 3.8) is 0 Å². The van der Waals surface area contributed by atoms with Gasteiger partial charge in [-0.15, -0.1) is 0 Å². The van der Waals surface area contributed by atoms with Gasteiger partial charge in [-0.2, -0.15) is 0 Å². The zero-order valence-corrected chi connectivity index (χ0v) is 18.3. The highest BCUT2D eigenvalue weighted by Crippen LogP contribution is 2.25. The zero-order valence-electron chi connectivity index (χ0n) is 18.3. The minimum absolute atomic E-state index is 0.155. The average Bonchev–Trinajstić information content (AvgIpc) is 2.68. The lowest BCUT2D eigenvalue weighted by atomic mass is 10.1.